The van der Waals surface area contributed by atoms with Crippen LogP contribution in [0.5, 0.6) is 0 Å². The Balaban J connectivity index is 0.000000384. The molecule has 0 fully saturated rings. The van der Waals surface area contributed by atoms with E-state index in [1.54, 1.807) is 12.1 Å². The Morgan fingerprint density at radius 2 is 1.67 bits per heavy atom. The number of hydrogen-bond acceptors (Lipinski definition) is 5. The van der Waals surface area contributed by atoms with E-state index < -0.39 is 17.4 Å². The molecule has 0 unspecified atom stereocenters. The van der Waals surface area contributed by atoms with E-state index in [2.05, 4.69) is 20.0 Å². The molecule has 1 rings (SSSR count). The Morgan fingerprint density at radius 3 is 2.00 bits per heavy atom. The first kappa shape index (κ1) is 20.0. The highest BCUT2D eigenvalue weighted by Gasteiger charge is 2.16. The van der Waals surface area contributed by atoms with Crippen LogP contribution >= 0.6 is 7.26 Å². The summed E-state index contributed by atoms with van der Waals surface area (Å²) in [4.78, 5) is 10.1. The van der Waals surface area contributed by atoms with Crippen LogP contribution < -0.4 is 0 Å². The van der Waals surface area contributed by atoms with Crippen LogP contribution in [0, 0.1) is 6.92 Å². The highest BCUT2D eigenvalue weighted by molar-refractivity contribution is 7.85. The van der Waals surface area contributed by atoms with Gasteiger partial charge in [0.2, 0.25) is 0 Å². The van der Waals surface area contributed by atoms with Gasteiger partial charge in [0, 0.05) is 34.2 Å². The van der Waals surface area contributed by atoms with Crippen LogP contribution in [0.2, 0.25) is 0 Å². The number of carbonyl (C=O) groups is 1. The first-order valence-corrected chi connectivity index (χ1v) is 11.1. The summed E-state index contributed by atoms with van der Waals surface area (Å²) in [5, 5.41) is 0. The molecule has 120 valence electrons. The number of rotatable bonds is 4. The molecule has 0 saturated heterocycles. The molecule has 5 nitrogen and oxygen atoms in total. The molecule has 0 bridgehead atoms. The van der Waals surface area contributed by atoms with E-state index in [4.69, 9.17) is 4.74 Å². The number of aryl methyl sites for hydroxylation is 1. The quantitative estimate of drug-likeness (QED) is 0.479. The van der Waals surface area contributed by atoms with Gasteiger partial charge in [0.05, 0.1) is 11.1 Å². The highest BCUT2D eigenvalue weighted by Crippen LogP contribution is 2.45. The van der Waals surface area contributed by atoms with Crippen molar-refractivity contribution in [3.8, 4) is 0 Å². The van der Waals surface area contributed by atoms with Crippen LogP contribution in [-0.2, 0) is 19.6 Å². The molecule has 0 aromatic heterocycles. The van der Waals surface area contributed by atoms with Crippen molar-refractivity contribution >= 4 is 23.3 Å². The molecule has 0 amide bonds. The smallest absolute Gasteiger partial charge is 0.302 e. The van der Waals surface area contributed by atoms with Crippen molar-refractivity contribution in [1.29, 1.82) is 0 Å². The second kappa shape index (κ2) is 8.47. The number of esters is 1. The number of hydrogen-bond donors (Lipinski definition) is 0. The van der Waals surface area contributed by atoms with Crippen molar-refractivity contribution in [1.82, 2.24) is 0 Å². The summed E-state index contributed by atoms with van der Waals surface area (Å²) in [6.45, 7) is 10.6. The van der Waals surface area contributed by atoms with Gasteiger partial charge in [-0.05, 0) is 19.1 Å². The van der Waals surface area contributed by atoms with Crippen molar-refractivity contribution in [3.63, 3.8) is 0 Å². The van der Waals surface area contributed by atoms with Gasteiger partial charge in [-0.1, -0.05) is 17.7 Å². The van der Waals surface area contributed by atoms with Crippen molar-refractivity contribution < 1.29 is 22.5 Å². The molecule has 0 spiro atoms. The molecule has 0 heterocycles. The SMILES string of the molecule is CC(=O)OCC[P+](C)(C)C.Cc1ccc(S(=O)(=O)[O-])cc1. The van der Waals surface area contributed by atoms with Crippen LogP contribution in [-0.4, -0.2) is 51.7 Å². The number of carbonyl (C=O) groups excluding carboxylic acids is 1. The Hall–Kier alpha value is -0.970. The minimum Gasteiger partial charge on any atom is -0.744 e. The summed E-state index contributed by atoms with van der Waals surface area (Å²) in [5.74, 6) is -0.173. The fraction of sp³-hybridized carbons (Fsp3) is 0.500. The van der Waals surface area contributed by atoms with E-state index in [-0.39, 0.29) is 10.9 Å². The molecular formula is C14H23O5PS. The summed E-state index contributed by atoms with van der Waals surface area (Å²) in [6.07, 6.45) is 1.03. The van der Waals surface area contributed by atoms with Crippen molar-refractivity contribution in [3.05, 3.63) is 29.8 Å². The minimum atomic E-state index is -4.27. The summed E-state index contributed by atoms with van der Waals surface area (Å²) in [5.41, 5.74) is 0.928. The van der Waals surface area contributed by atoms with Crippen LogP contribution in [0.3, 0.4) is 0 Å². The van der Waals surface area contributed by atoms with E-state index in [1.807, 2.05) is 6.92 Å². The third-order valence-electron chi connectivity index (χ3n) is 2.38. The van der Waals surface area contributed by atoms with E-state index in [9.17, 15) is 17.8 Å². The molecule has 0 N–H and O–H groups in total. The average Bonchev–Trinajstić information content (AvgIpc) is 2.26. The second-order valence-corrected chi connectivity index (χ2v) is 12.0. The zero-order valence-electron chi connectivity index (χ0n) is 13.1. The number of benzene rings is 1. The first-order valence-electron chi connectivity index (χ1n) is 6.38. The van der Waals surface area contributed by atoms with Crippen molar-refractivity contribution in [2.45, 2.75) is 18.7 Å². The van der Waals surface area contributed by atoms with E-state index in [1.165, 1.54) is 19.1 Å². The molecule has 0 aliphatic carbocycles. The van der Waals surface area contributed by atoms with Gasteiger partial charge in [0.25, 0.3) is 0 Å². The molecule has 0 saturated carbocycles. The molecule has 1 aromatic carbocycles. The summed E-state index contributed by atoms with van der Waals surface area (Å²) >= 11 is 0. The lowest BCUT2D eigenvalue weighted by atomic mass is 10.2. The topological polar surface area (TPSA) is 83.5 Å². The first-order chi connectivity index (χ1) is 9.42. The summed E-state index contributed by atoms with van der Waals surface area (Å²) in [6, 6.07) is 5.78. The fourth-order valence-corrected chi connectivity index (χ4v) is 2.28. The Kier molecular flexibility index (Phi) is 8.08. The molecular weight excluding hydrogens is 311 g/mol. The van der Waals surface area contributed by atoms with E-state index >= 15 is 0 Å². The van der Waals surface area contributed by atoms with Gasteiger partial charge in [-0.15, -0.1) is 0 Å². The van der Waals surface area contributed by atoms with Gasteiger partial charge in [0.15, 0.2) is 0 Å². The largest absolute Gasteiger partial charge is 0.744 e. The molecule has 0 radical (unpaired) electrons. The van der Waals surface area contributed by atoms with E-state index in [0.717, 1.165) is 11.7 Å². The monoisotopic (exact) mass is 334 g/mol. The fourth-order valence-electron chi connectivity index (χ4n) is 1.17. The Labute approximate surface area is 127 Å². The summed E-state index contributed by atoms with van der Waals surface area (Å²) in [7, 11) is -5.02. The lowest BCUT2D eigenvalue weighted by molar-refractivity contribution is -0.140. The lowest BCUT2D eigenvalue weighted by Crippen LogP contribution is -2.06. The van der Waals surface area contributed by atoms with Gasteiger partial charge in [0.1, 0.15) is 16.7 Å². The Morgan fingerprint density at radius 1 is 1.19 bits per heavy atom. The van der Waals surface area contributed by atoms with Crippen molar-refractivity contribution in [2.24, 2.45) is 0 Å². The van der Waals surface area contributed by atoms with Crippen LogP contribution in [0.4, 0.5) is 0 Å². The minimum absolute atomic E-state index is 0.173. The third kappa shape index (κ3) is 11.4. The van der Waals surface area contributed by atoms with Gasteiger partial charge in [-0.2, -0.15) is 0 Å². The van der Waals surface area contributed by atoms with Crippen LogP contribution in [0.15, 0.2) is 29.2 Å². The maximum absolute atomic E-state index is 10.4. The van der Waals surface area contributed by atoms with Gasteiger partial charge in [-0.25, -0.2) is 8.42 Å². The second-order valence-electron chi connectivity index (χ2n) is 5.62. The molecule has 1 aromatic rings. The molecule has 7 heteroatoms. The van der Waals surface area contributed by atoms with Crippen LogP contribution in [0.25, 0.3) is 0 Å². The highest BCUT2D eigenvalue weighted by atomic mass is 32.2. The standard InChI is InChI=1S/C7H8O3S.C7H16O2P/c1-6-2-4-7(5-3-6)11(8,9)10;1-7(8)9-5-6-10(2,3)4/h2-5H,1H3,(H,8,9,10);5-6H2,1-4H3/q;+1/p-1. The summed E-state index contributed by atoms with van der Waals surface area (Å²) < 4.78 is 36.0. The van der Waals surface area contributed by atoms with Gasteiger partial charge >= 0.3 is 5.97 Å². The van der Waals surface area contributed by atoms with Crippen molar-refractivity contribution in [2.75, 3.05) is 32.8 Å². The predicted molar refractivity (Wildman–Crippen MR) is 85.3 cm³/mol. The average molecular weight is 334 g/mol. The number of ether oxygens (including phenoxy) is 1. The zero-order chi connectivity index (χ0) is 16.7. The third-order valence-corrected chi connectivity index (χ3v) is 4.75. The maximum Gasteiger partial charge on any atom is 0.302 e. The van der Waals surface area contributed by atoms with Gasteiger partial charge in [-0.3, -0.25) is 4.79 Å². The molecule has 0 aliphatic rings. The molecule has 0 atom stereocenters. The van der Waals surface area contributed by atoms with Gasteiger partial charge < -0.3 is 9.29 Å². The molecule has 21 heavy (non-hydrogen) atoms. The Bertz CT molecular complexity index is 544. The maximum atomic E-state index is 10.4. The predicted octanol–water partition coefficient (Wildman–Crippen LogP) is 2.36. The zero-order valence-corrected chi connectivity index (χ0v) is 14.8. The van der Waals surface area contributed by atoms with E-state index in [0.29, 0.717) is 6.61 Å². The lowest BCUT2D eigenvalue weighted by Gasteiger charge is -2.10. The van der Waals surface area contributed by atoms with Crippen LogP contribution in [0.1, 0.15) is 12.5 Å². The normalized spacial score (nSPS) is 11.3. The molecule has 0 aliphatic heterocycles.